The van der Waals surface area contributed by atoms with E-state index in [0.29, 0.717) is 19.4 Å². The number of carboxylic acids is 1. The third kappa shape index (κ3) is 4.00. The van der Waals surface area contributed by atoms with Crippen LogP contribution in [0.5, 0.6) is 0 Å². The van der Waals surface area contributed by atoms with Crippen LogP contribution < -0.4 is 11.1 Å². The third-order valence-electron chi connectivity index (χ3n) is 4.12. The number of hydrogen-bond donors (Lipinski definition) is 3. The molecule has 3 amide bonds. The molecule has 1 aliphatic heterocycles. The standard InChI is InChI=1S/C16H21N3O4/c1-10-5-2-3-6-11(10)12(18-16(17)23)9-14(20)19-8-4-7-13(19)15(21)22/h2-3,5-6,12-13H,4,7-9H2,1H3,(H,21,22)(H3,17,18,23). The molecular formula is C16H21N3O4. The summed E-state index contributed by atoms with van der Waals surface area (Å²) < 4.78 is 0. The first-order valence-corrected chi connectivity index (χ1v) is 7.54. The fourth-order valence-corrected chi connectivity index (χ4v) is 3.00. The molecule has 0 aromatic heterocycles. The molecule has 124 valence electrons. The Morgan fingerprint density at radius 2 is 2.09 bits per heavy atom. The van der Waals surface area contributed by atoms with E-state index in [2.05, 4.69) is 5.32 Å². The Balaban J connectivity index is 2.18. The Kier molecular flexibility index (Phi) is 5.20. The monoisotopic (exact) mass is 319 g/mol. The van der Waals surface area contributed by atoms with E-state index in [9.17, 15) is 19.5 Å². The number of amides is 3. The zero-order chi connectivity index (χ0) is 17.0. The summed E-state index contributed by atoms with van der Waals surface area (Å²) in [4.78, 5) is 36.4. The predicted octanol–water partition coefficient (Wildman–Crippen LogP) is 1.17. The SMILES string of the molecule is Cc1ccccc1C(CC(=O)N1CCCC1C(=O)O)NC(N)=O. The molecule has 0 spiro atoms. The predicted molar refractivity (Wildman–Crippen MR) is 83.6 cm³/mol. The van der Waals surface area contributed by atoms with Gasteiger partial charge in [0, 0.05) is 6.54 Å². The highest BCUT2D eigenvalue weighted by Crippen LogP contribution is 2.25. The largest absolute Gasteiger partial charge is 0.480 e. The number of carboxylic acid groups (broad SMARTS) is 1. The quantitative estimate of drug-likeness (QED) is 0.756. The summed E-state index contributed by atoms with van der Waals surface area (Å²) >= 11 is 0. The van der Waals surface area contributed by atoms with Gasteiger partial charge in [-0.25, -0.2) is 9.59 Å². The van der Waals surface area contributed by atoms with Gasteiger partial charge in [0.1, 0.15) is 6.04 Å². The third-order valence-corrected chi connectivity index (χ3v) is 4.12. The van der Waals surface area contributed by atoms with Gasteiger partial charge in [0.05, 0.1) is 12.5 Å². The molecule has 1 aliphatic rings. The van der Waals surface area contributed by atoms with E-state index in [-0.39, 0.29) is 12.3 Å². The number of urea groups is 1. The number of likely N-dealkylation sites (tertiary alicyclic amines) is 1. The molecule has 0 aliphatic carbocycles. The molecule has 1 aromatic rings. The number of rotatable bonds is 5. The van der Waals surface area contributed by atoms with Crippen molar-refractivity contribution in [1.82, 2.24) is 10.2 Å². The summed E-state index contributed by atoms with van der Waals surface area (Å²) in [6, 6.07) is 5.31. The van der Waals surface area contributed by atoms with Crippen molar-refractivity contribution < 1.29 is 19.5 Å². The first kappa shape index (κ1) is 16.8. The summed E-state index contributed by atoms with van der Waals surface area (Å²) in [5, 5.41) is 11.8. The van der Waals surface area contributed by atoms with Gasteiger partial charge >= 0.3 is 12.0 Å². The average molecular weight is 319 g/mol. The van der Waals surface area contributed by atoms with Crippen LogP contribution in [0.15, 0.2) is 24.3 Å². The van der Waals surface area contributed by atoms with Crippen LogP contribution in [0.1, 0.15) is 36.4 Å². The maximum atomic E-state index is 12.5. The topological polar surface area (TPSA) is 113 Å². The van der Waals surface area contributed by atoms with Crippen LogP contribution in [0.3, 0.4) is 0 Å². The molecule has 2 unspecified atom stereocenters. The number of aliphatic carboxylic acids is 1. The van der Waals surface area contributed by atoms with Crippen LogP contribution in [-0.4, -0.2) is 40.5 Å². The Hall–Kier alpha value is -2.57. The second kappa shape index (κ2) is 7.13. The fourth-order valence-electron chi connectivity index (χ4n) is 3.00. The van der Waals surface area contributed by atoms with E-state index in [4.69, 9.17) is 5.73 Å². The maximum absolute atomic E-state index is 12.5. The number of primary amides is 1. The molecule has 7 heteroatoms. The van der Waals surface area contributed by atoms with E-state index in [1.54, 1.807) is 0 Å². The van der Waals surface area contributed by atoms with Gasteiger partial charge in [-0.1, -0.05) is 24.3 Å². The number of nitrogens with one attached hydrogen (secondary N) is 1. The highest BCUT2D eigenvalue weighted by atomic mass is 16.4. The molecule has 7 nitrogen and oxygen atoms in total. The van der Waals surface area contributed by atoms with Gasteiger partial charge in [-0.15, -0.1) is 0 Å². The normalized spacial score (nSPS) is 18.5. The van der Waals surface area contributed by atoms with Crippen LogP contribution >= 0.6 is 0 Å². The van der Waals surface area contributed by atoms with Crippen LogP contribution in [0.25, 0.3) is 0 Å². The van der Waals surface area contributed by atoms with Crippen LogP contribution in [0.4, 0.5) is 4.79 Å². The van der Waals surface area contributed by atoms with Gasteiger partial charge in [0.25, 0.3) is 0 Å². The van der Waals surface area contributed by atoms with Gasteiger partial charge in [-0.3, -0.25) is 4.79 Å². The van der Waals surface area contributed by atoms with E-state index in [0.717, 1.165) is 11.1 Å². The lowest BCUT2D eigenvalue weighted by Crippen LogP contribution is -2.43. The van der Waals surface area contributed by atoms with E-state index < -0.39 is 24.1 Å². The number of carbonyl (C=O) groups is 3. The first-order chi connectivity index (χ1) is 10.9. The minimum Gasteiger partial charge on any atom is -0.480 e. The van der Waals surface area contributed by atoms with Gasteiger partial charge in [-0.05, 0) is 30.9 Å². The molecular weight excluding hydrogens is 298 g/mol. The number of hydrogen-bond acceptors (Lipinski definition) is 3. The number of nitrogens with zero attached hydrogens (tertiary/aromatic N) is 1. The summed E-state index contributed by atoms with van der Waals surface area (Å²) in [6.45, 7) is 2.30. The van der Waals surface area contributed by atoms with Gasteiger partial charge in [0.15, 0.2) is 0 Å². The molecule has 1 saturated heterocycles. The first-order valence-electron chi connectivity index (χ1n) is 7.54. The van der Waals surface area contributed by atoms with Crippen molar-refractivity contribution in [2.24, 2.45) is 5.73 Å². The lowest BCUT2D eigenvalue weighted by atomic mass is 9.98. The second-order valence-electron chi connectivity index (χ2n) is 5.71. The zero-order valence-electron chi connectivity index (χ0n) is 13.0. The van der Waals surface area contributed by atoms with E-state index in [1.807, 2.05) is 31.2 Å². The van der Waals surface area contributed by atoms with Crippen molar-refractivity contribution in [2.45, 2.75) is 38.3 Å². The highest BCUT2D eigenvalue weighted by molar-refractivity contribution is 5.85. The lowest BCUT2D eigenvalue weighted by molar-refractivity contribution is -0.148. The zero-order valence-corrected chi connectivity index (χ0v) is 13.0. The number of aryl methyl sites for hydroxylation is 1. The molecule has 1 aromatic carbocycles. The molecule has 2 rings (SSSR count). The molecule has 0 saturated carbocycles. The fraction of sp³-hybridized carbons (Fsp3) is 0.438. The summed E-state index contributed by atoms with van der Waals surface area (Å²) in [6.07, 6.45) is 1.11. The Bertz CT molecular complexity index is 617. The minimum atomic E-state index is -0.994. The Morgan fingerprint density at radius 1 is 1.39 bits per heavy atom. The van der Waals surface area contributed by atoms with Crippen molar-refractivity contribution >= 4 is 17.9 Å². The molecule has 1 fully saturated rings. The number of benzene rings is 1. The van der Waals surface area contributed by atoms with Crippen molar-refractivity contribution in [3.8, 4) is 0 Å². The van der Waals surface area contributed by atoms with E-state index >= 15 is 0 Å². The van der Waals surface area contributed by atoms with Gasteiger partial charge in [-0.2, -0.15) is 0 Å². The Labute approximate surface area is 134 Å². The van der Waals surface area contributed by atoms with Crippen molar-refractivity contribution in [2.75, 3.05) is 6.54 Å². The highest BCUT2D eigenvalue weighted by Gasteiger charge is 2.35. The number of carbonyl (C=O) groups excluding carboxylic acids is 2. The van der Waals surface area contributed by atoms with Crippen LogP contribution in [-0.2, 0) is 9.59 Å². The van der Waals surface area contributed by atoms with Gasteiger partial charge in [0.2, 0.25) is 5.91 Å². The molecule has 0 radical (unpaired) electrons. The maximum Gasteiger partial charge on any atom is 0.326 e. The lowest BCUT2D eigenvalue weighted by Gasteiger charge is -2.25. The van der Waals surface area contributed by atoms with Crippen LogP contribution in [0, 0.1) is 6.92 Å². The average Bonchev–Trinajstić information content (AvgIpc) is 2.96. The molecule has 4 N–H and O–H groups in total. The van der Waals surface area contributed by atoms with Crippen molar-refractivity contribution in [3.05, 3.63) is 35.4 Å². The minimum absolute atomic E-state index is 0.0163. The van der Waals surface area contributed by atoms with E-state index in [1.165, 1.54) is 4.90 Å². The molecule has 1 heterocycles. The summed E-state index contributed by atoms with van der Waals surface area (Å²) in [7, 11) is 0. The van der Waals surface area contributed by atoms with Crippen molar-refractivity contribution in [3.63, 3.8) is 0 Å². The smallest absolute Gasteiger partial charge is 0.326 e. The summed E-state index contributed by atoms with van der Waals surface area (Å²) in [5.74, 6) is -1.29. The number of nitrogens with two attached hydrogens (primary N) is 1. The molecule has 2 atom stereocenters. The molecule has 0 bridgehead atoms. The van der Waals surface area contributed by atoms with Gasteiger partial charge < -0.3 is 21.1 Å². The van der Waals surface area contributed by atoms with Crippen molar-refractivity contribution in [1.29, 1.82) is 0 Å². The molecule has 23 heavy (non-hydrogen) atoms. The second-order valence-corrected chi connectivity index (χ2v) is 5.71. The Morgan fingerprint density at radius 3 is 2.70 bits per heavy atom. The van der Waals surface area contributed by atoms with Crippen LogP contribution in [0.2, 0.25) is 0 Å². The summed E-state index contributed by atoms with van der Waals surface area (Å²) in [5.41, 5.74) is 6.94.